The number of carboxylic acid groups (broad SMARTS) is 2. The smallest absolute Gasteiger partial charge is 0.346 e. The van der Waals surface area contributed by atoms with Crippen molar-refractivity contribution >= 4 is 35.2 Å². The van der Waals surface area contributed by atoms with Gasteiger partial charge in [0, 0.05) is 11.1 Å². The molecule has 8 N–H and O–H groups in total. The largest absolute Gasteiger partial charge is 0.545 e. The number of carbonyl (C=O) groups excluding carboxylic acids is 2. The van der Waals surface area contributed by atoms with Crippen LogP contribution in [0.5, 0.6) is 23.0 Å². The first-order chi connectivity index (χ1) is 24.1. The predicted molar refractivity (Wildman–Crippen MR) is 182 cm³/mol. The number of carbonyl (C=O) groups is 2. The second kappa shape index (κ2) is 16.9. The lowest BCUT2D eigenvalue weighted by Gasteiger charge is -2.21. The zero-order valence-corrected chi connectivity index (χ0v) is 27.8. The van der Waals surface area contributed by atoms with Crippen molar-refractivity contribution in [3.05, 3.63) is 119 Å². The maximum absolute atomic E-state index is 9.41. The third kappa shape index (κ3) is 9.01. The first-order valence-corrected chi connectivity index (χ1v) is 15.1. The van der Waals surface area contributed by atoms with E-state index in [2.05, 4.69) is 32.8 Å². The number of carboxylic acids is 2. The Morgan fingerprint density at radius 3 is 1.30 bits per heavy atom. The van der Waals surface area contributed by atoms with Gasteiger partial charge in [-0.05, 0) is 59.7 Å². The minimum atomic E-state index is -1.55. The van der Waals surface area contributed by atoms with E-state index in [4.69, 9.17) is 30.4 Å². The monoisotopic (exact) mass is 682 g/mol. The van der Waals surface area contributed by atoms with Gasteiger partial charge in [0.25, 0.3) is 0 Å². The molecule has 0 saturated heterocycles. The summed E-state index contributed by atoms with van der Waals surface area (Å²) in [5, 5.41) is 25.1. The Labute approximate surface area is 288 Å². The summed E-state index contributed by atoms with van der Waals surface area (Å²) in [6, 6.07) is 27.8. The van der Waals surface area contributed by atoms with Crippen molar-refractivity contribution in [2.45, 2.75) is 12.1 Å². The molecule has 2 unspecified atom stereocenters. The minimum Gasteiger partial charge on any atom is -0.545 e. The van der Waals surface area contributed by atoms with Crippen LogP contribution in [0.2, 0.25) is 0 Å². The van der Waals surface area contributed by atoms with Crippen LogP contribution in [0.3, 0.4) is 0 Å². The maximum atomic E-state index is 9.41. The molecule has 50 heavy (non-hydrogen) atoms. The number of methoxy groups -OCH3 is 4. The van der Waals surface area contributed by atoms with Crippen LogP contribution in [0.15, 0.2) is 97.1 Å². The second-order valence-corrected chi connectivity index (χ2v) is 10.6. The molecule has 2 atom stereocenters. The highest BCUT2D eigenvalue weighted by Crippen LogP contribution is 2.34. The molecule has 2 heterocycles. The Kier molecular flexibility index (Phi) is 12.2. The zero-order chi connectivity index (χ0) is 36.2. The first-order valence-electron chi connectivity index (χ1n) is 15.1. The molecule has 0 fully saturated rings. The highest BCUT2D eigenvalue weighted by atomic mass is 16.5. The zero-order valence-electron chi connectivity index (χ0n) is 27.8. The summed E-state index contributed by atoms with van der Waals surface area (Å²) in [6.07, 6.45) is 0.769. The molecule has 0 aliphatic carbocycles. The third-order valence-corrected chi connectivity index (χ3v) is 7.52. The molecular formula is C36H38N6O8. The summed E-state index contributed by atoms with van der Waals surface area (Å²) in [5.41, 5.74) is 18.3. The summed E-state index contributed by atoms with van der Waals surface area (Å²) < 4.78 is 21.3. The van der Waals surface area contributed by atoms with Gasteiger partial charge >= 0.3 is 11.9 Å². The van der Waals surface area contributed by atoms with Crippen molar-refractivity contribution in [3.63, 3.8) is 0 Å². The fraction of sp³-hybridized carbons (Fsp3) is 0.167. The number of ether oxygens (including phenoxy) is 4. The van der Waals surface area contributed by atoms with Crippen LogP contribution >= 0.6 is 0 Å². The molecule has 14 heteroatoms. The van der Waals surface area contributed by atoms with Gasteiger partial charge in [0.2, 0.25) is 0 Å². The summed E-state index contributed by atoms with van der Waals surface area (Å²) in [6.45, 7) is 0. The number of hydrogen-bond donors (Lipinski definition) is 6. The van der Waals surface area contributed by atoms with Crippen LogP contribution in [0, 0.1) is 0 Å². The number of para-hydroxylation sites is 2. The average Bonchev–Trinajstić information content (AvgIpc) is 3.13. The van der Waals surface area contributed by atoms with Gasteiger partial charge in [-0.25, -0.2) is 10.6 Å². The SMILES string of the molecule is COc1ccc(C2[NH+]=C(N)Nc3ccccc32)cc1OC.COc1ccc(C2[NH+]=C(N)Nc3ccccc32)cc1OC.O=C([O-])/C=C/C(=O)[O-]. The fourth-order valence-corrected chi connectivity index (χ4v) is 5.28. The molecule has 4 aromatic carbocycles. The predicted octanol–water partition coefficient (Wildman–Crippen LogP) is -1.73. The highest BCUT2D eigenvalue weighted by molar-refractivity contribution is 5.91. The quantitative estimate of drug-likeness (QED) is 0.114. The lowest BCUT2D eigenvalue weighted by atomic mass is 9.96. The van der Waals surface area contributed by atoms with Crippen molar-refractivity contribution in [3.8, 4) is 23.0 Å². The van der Waals surface area contributed by atoms with Crippen molar-refractivity contribution < 1.29 is 48.7 Å². The van der Waals surface area contributed by atoms with E-state index in [0.29, 0.717) is 47.1 Å². The van der Waals surface area contributed by atoms with E-state index < -0.39 is 11.9 Å². The standard InChI is InChI=1S/2C16H17N3O2.C4H4O4/c2*1-20-13-8-7-10(9-14(13)21-2)15-11-5-3-4-6-12(11)18-16(17)19-15;5-3(6)1-2-4(7)8/h2*3-9,15H,1-2H3,(H3,17,18,19);1-2H,(H,5,6)(H,7,8)/b;;2-1+. The van der Waals surface area contributed by atoms with Crippen LogP contribution < -0.4 is 61.2 Å². The van der Waals surface area contributed by atoms with Crippen molar-refractivity contribution in [1.82, 2.24) is 0 Å². The van der Waals surface area contributed by atoms with E-state index in [1.54, 1.807) is 28.4 Å². The summed E-state index contributed by atoms with van der Waals surface area (Å²) in [5.74, 6) is 0.795. The molecule has 2 aliphatic heterocycles. The Balaban J connectivity index is 0.000000186. The van der Waals surface area contributed by atoms with Gasteiger partial charge < -0.3 is 38.7 Å². The Bertz CT molecular complexity index is 1790. The molecule has 0 aromatic heterocycles. The van der Waals surface area contributed by atoms with Gasteiger partial charge in [0.05, 0.1) is 40.4 Å². The summed E-state index contributed by atoms with van der Waals surface area (Å²) >= 11 is 0. The van der Waals surface area contributed by atoms with Gasteiger partial charge in [-0.2, -0.15) is 0 Å². The van der Waals surface area contributed by atoms with Gasteiger partial charge in [-0.1, -0.05) is 48.5 Å². The van der Waals surface area contributed by atoms with Gasteiger partial charge in [-0.15, -0.1) is 0 Å². The van der Waals surface area contributed by atoms with E-state index >= 15 is 0 Å². The Morgan fingerprint density at radius 2 is 0.960 bits per heavy atom. The Morgan fingerprint density at radius 1 is 0.600 bits per heavy atom. The molecule has 14 nitrogen and oxygen atoms in total. The van der Waals surface area contributed by atoms with Crippen LogP contribution in [-0.2, 0) is 9.59 Å². The molecule has 0 radical (unpaired) electrons. The number of aliphatic carboxylic acids is 2. The number of hydrogen-bond acceptors (Lipinski definition) is 12. The number of guanidine groups is 2. The fourth-order valence-electron chi connectivity index (χ4n) is 5.28. The van der Waals surface area contributed by atoms with Crippen molar-refractivity contribution in [1.29, 1.82) is 0 Å². The molecule has 0 saturated carbocycles. The Hall–Kier alpha value is -6.70. The van der Waals surface area contributed by atoms with E-state index in [1.165, 1.54) is 0 Å². The number of nitrogens with one attached hydrogen (secondary N) is 4. The van der Waals surface area contributed by atoms with Gasteiger partial charge in [0.15, 0.2) is 23.0 Å². The maximum Gasteiger partial charge on any atom is 0.346 e. The first kappa shape index (κ1) is 36.1. The van der Waals surface area contributed by atoms with Crippen LogP contribution in [-0.4, -0.2) is 52.3 Å². The normalized spacial score (nSPS) is 15.4. The second-order valence-electron chi connectivity index (χ2n) is 10.6. The van der Waals surface area contributed by atoms with Crippen molar-refractivity contribution in [2.75, 3.05) is 39.1 Å². The summed E-state index contributed by atoms with van der Waals surface area (Å²) in [7, 11) is 6.51. The van der Waals surface area contributed by atoms with Crippen LogP contribution in [0.25, 0.3) is 0 Å². The topological polar surface area (TPSA) is 221 Å². The molecule has 0 bridgehead atoms. The van der Waals surface area contributed by atoms with Gasteiger partial charge in [-0.3, -0.25) is 21.5 Å². The highest BCUT2D eigenvalue weighted by Gasteiger charge is 2.27. The number of anilines is 2. The molecule has 260 valence electrons. The molecule has 2 aliphatic rings. The third-order valence-electron chi connectivity index (χ3n) is 7.52. The minimum absolute atomic E-state index is 0.0257. The van der Waals surface area contributed by atoms with E-state index in [0.717, 1.165) is 33.6 Å². The molecule has 4 aromatic rings. The van der Waals surface area contributed by atoms with Crippen molar-refractivity contribution in [2.24, 2.45) is 11.5 Å². The molecule has 0 spiro atoms. The molecule has 0 amide bonds. The average molecular weight is 683 g/mol. The van der Waals surface area contributed by atoms with E-state index in [9.17, 15) is 19.8 Å². The lowest BCUT2D eigenvalue weighted by Crippen LogP contribution is -2.80. The summed E-state index contributed by atoms with van der Waals surface area (Å²) in [4.78, 5) is 25.4. The van der Waals surface area contributed by atoms with Crippen LogP contribution in [0.1, 0.15) is 34.3 Å². The molecule has 6 rings (SSSR count). The van der Waals surface area contributed by atoms with Crippen LogP contribution in [0.4, 0.5) is 11.4 Å². The number of rotatable bonds is 8. The van der Waals surface area contributed by atoms with E-state index in [-0.39, 0.29) is 12.1 Å². The number of benzene rings is 4. The molecular weight excluding hydrogens is 644 g/mol. The van der Waals surface area contributed by atoms with Gasteiger partial charge in [0.1, 0.15) is 23.5 Å². The van der Waals surface area contributed by atoms with E-state index in [1.807, 2.05) is 72.8 Å². The number of nitrogens with two attached hydrogens (primary N) is 2. The number of fused-ring (bicyclic) bond motifs is 2. The lowest BCUT2D eigenvalue weighted by molar-refractivity contribution is -0.500.